The lowest BCUT2D eigenvalue weighted by Gasteiger charge is -2.44. The highest BCUT2D eigenvalue weighted by atomic mass is 79.9. The van der Waals surface area contributed by atoms with Crippen molar-refractivity contribution in [3.63, 3.8) is 0 Å². The first kappa shape index (κ1) is 20.5. The van der Waals surface area contributed by atoms with Crippen molar-refractivity contribution < 1.29 is 9.59 Å². The lowest BCUT2D eigenvalue weighted by Crippen LogP contribution is -2.57. The number of urea groups is 1. The molecule has 1 aromatic heterocycles. The molecule has 31 heavy (non-hydrogen) atoms. The zero-order valence-electron chi connectivity index (χ0n) is 16.9. The molecule has 0 spiro atoms. The van der Waals surface area contributed by atoms with Gasteiger partial charge in [0.05, 0.1) is 4.88 Å². The fourth-order valence-electron chi connectivity index (χ4n) is 4.45. The number of hydrogen-bond acceptors (Lipinski definition) is 4. The monoisotopic (exact) mass is 498 g/mol. The Morgan fingerprint density at radius 3 is 2.48 bits per heavy atom. The van der Waals surface area contributed by atoms with Crippen LogP contribution in [0.15, 0.2) is 53.0 Å². The van der Waals surface area contributed by atoms with Crippen LogP contribution in [0.1, 0.15) is 22.5 Å². The van der Waals surface area contributed by atoms with Crippen molar-refractivity contribution in [2.24, 2.45) is 5.92 Å². The first-order valence-electron chi connectivity index (χ1n) is 10.4. The van der Waals surface area contributed by atoms with Gasteiger partial charge in [-0.15, -0.1) is 11.3 Å². The van der Waals surface area contributed by atoms with Gasteiger partial charge < -0.3 is 20.9 Å². The van der Waals surface area contributed by atoms with E-state index in [1.807, 2.05) is 48.5 Å². The normalized spacial score (nSPS) is 22.3. The lowest BCUT2D eigenvalue weighted by atomic mass is 9.84. The summed E-state index contributed by atoms with van der Waals surface area (Å²) < 4.78 is 1.87. The van der Waals surface area contributed by atoms with Crippen LogP contribution < -0.4 is 16.0 Å². The van der Waals surface area contributed by atoms with Crippen LogP contribution in [-0.4, -0.2) is 42.5 Å². The van der Waals surface area contributed by atoms with Crippen molar-refractivity contribution in [1.82, 2.24) is 10.2 Å². The van der Waals surface area contributed by atoms with E-state index in [0.717, 1.165) is 34.2 Å². The molecule has 3 saturated heterocycles. The maximum Gasteiger partial charge on any atom is 0.323 e. The highest BCUT2D eigenvalue weighted by Gasteiger charge is 2.35. The van der Waals surface area contributed by atoms with E-state index < -0.39 is 0 Å². The Labute approximate surface area is 193 Å². The summed E-state index contributed by atoms with van der Waals surface area (Å²) in [6.07, 6.45) is 2.35. The predicted molar refractivity (Wildman–Crippen MR) is 129 cm³/mol. The number of carbonyl (C=O) groups is 2. The van der Waals surface area contributed by atoms with Crippen LogP contribution in [0.2, 0.25) is 0 Å². The molecule has 1 unspecified atom stereocenters. The Morgan fingerprint density at radius 2 is 1.77 bits per heavy atom. The molecule has 4 heterocycles. The van der Waals surface area contributed by atoms with Gasteiger partial charge in [-0.1, -0.05) is 28.1 Å². The molecular formula is C23H23BrN4O2S. The van der Waals surface area contributed by atoms with Gasteiger partial charge in [0, 0.05) is 33.1 Å². The van der Waals surface area contributed by atoms with E-state index in [2.05, 4.69) is 36.8 Å². The van der Waals surface area contributed by atoms with Gasteiger partial charge in [-0.2, -0.15) is 0 Å². The summed E-state index contributed by atoms with van der Waals surface area (Å²) in [6, 6.07) is 15.0. The van der Waals surface area contributed by atoms with Gasteiger partial charge in [0.25, 0.3) is 5.91 Å². The Morgan fingerprint density at radius 1 is 1.00 bits per heavy atom. The number of carbonyl (C=O) groups excluding carboxylic acids is 2. The number of rotatable bonds is 4. The summed E-state index contributed by atoms with van der Waals surface area (Å²) in [4.78, 5) is 28.3. The standard InChI is InChI=1S/C23H23BrN4O2S/c24-16-2-1-3-17(11-16)25-23(30)26-18-5-4-15-10-21(31-20(15)12-18)22(29)27-19-13-28-8-6-14(19)7-9-28/h1-5,10-12,14,19H,6-9,13H2,(H,27,29)(H2,25,26,30). The molecule has 3 amide bonds. The average molecular weight is 499 g/mol. The molecule has 2 aromatic carbocycles. The summed E-state index contributed by atoms with van der Waals surface area (Å²) >= 11 is 4.85. The molecule has 3 aromatic rings. The molecule has 0 saturated carbocycles. The van der Waals surface area contributed by atoms with Gasteiger partial charge in [-0.3, -0.25) is 4.79 Å². The lowest BCUT2D eigenvalue weighted by molar-refractivity contribution is 0.0622. The molecule has 6 nitrogen and oxygen atoms in total. The minimum atomic E-state index is -0.311. The highest BCUT2D eigenvalue weighted by Crippen LogP contribution is 2.31. The van der Waals surface area contributed by atoms with Crippen molar-refractivity contribution in [1.29, 1.82) is 0 Å². The molecule has 3 aliphatic rings. The number of hydrogen-bond donors (Lipinski definition) is 3. The number of benzene rings is 2. The van der Waals surface area contributed by atoms with Crippen LogP contribution >= 0.6 is 27.3 Å². The van der Waals surface area contributed by atoms with Gasteiger partial charge >= 0.3 is 6.03 Å². The van der Waals surface area contributed by atoms with E-state index >= 15 is 0 Å². The molecule has 6 rings (SSSR count). The minimum Gasteiger partial charge on any atom is -0.347 e. The van der Waals surface area contributed by atoms with Crippen LogP contribution in [0.3, 0.4) is 0 Å². The second-order valence-electron chi connectivity index (χ2n) is 8.17. The Kier molecular flexibility index (Phi) is 5.69. The van der Waals surface area contributed by atoms with E-state index in [4.69, 9.17) is 0 Å². The molecular weight excluding hydrogens is 476 g/mol. The number of halogens is 1. The SMILES string of the molecule is O=C(Nc1cccc(Br)c1)Nc1ccc2cc(C(=O)NC3CN4CCC3CC4)sc2c1. The van der Waals surface area contributed by atoms with Gasteiger partial charge in [-0.25, -0.2) is 4.79 Å². The number of anilines is 2. The van der Waals surface area contributed by atoms with E-state index in [1.165, 1.54) is 24.2 Å². The first-order valence-corrected chi connectivity index (χ1v) is 12.0. The van der Waals surface area contributed by atoms with Crippen molar-refractivity contribution in [3.8, 4) is 0 Å². The molecule has 160 valence electrons. The van der Waals surface area contributed by atoms with Gasteiger partial charge in [0.1, 0.15) is 0 Å². The fraction of sp³-hybridized carbons (Fsp3) is 0.304. The maximum absolute atomic E-state index is 12.8. The van der Waals surface area contributed by atoms with Gasteiger partial charge in [0.2, 0.25) is 0 Å². The summed E-state index contributed by atoms with van der Waals surface area (Å²) in [5.74, 6) is 0.602. The van der Waals surface area contributed by atoms with Crippen LogP contribution in [0.5, 0.6) is 0 Å². The summed E-state index contributed by atoms with van der Waals surface area (Å²) in [7, 11) is 0. The number of piperidine rings is 3. The molecule has 3 fully saturated rings. The second-order valence-corrected chi connectivity index (χ2v) is 10.2. The average Bonchev–Trinajstić information content (AvgIpc) is 3.18. The fourth-order valence-corrected chi connectivity index (χ4v) is 5.85. The molecule has 0 radical (unpaired) electrons. The topological polar surface area (TPSA) is 73.5 Å². The Hall–Kier alpha value is -2.42. The van der Waals surface area contributed by atoms with Crippen molar-refractivity contribution in [2.45, 2.75) is 18.9 Å². The van der Waals surface area contributed by atoms with Crippen molar-refractivity contribution >= 4 is 60.7 Å². The minimum absolute atomic E-state index is 0.00172. The maximum atomic E-state index is 12.8. The largest absolute Gasteiger partial charge is 0.347 e. The van der Waals surface area contributed by atoms with Crippen LogP contribution in [0.25, 0.3) is 10.1 Å². The van der Waals surface area contributed by atoms with Crippen LogP contribution in [0, 0.1) is 5.92 Å². The smallest absolute Gasteiger partial charge is 0.323 e. The van der Waals surface area contributed by atoms with Gasteiger partial charge in [-0.05, 0) is 73.6 Å². The third kappa shape index (κ3) is 4.61. The Bertz CT molecular complexity index is 1140. The van der Waals surface area contributed by atoms with E-state index in [0.29, 0.717) is 22.2 Å². The molecule has 1 atom stereocenters. The highest BCUT2D eigenvalue weighted by molar-refractivity contribution is 9.10. The van der Waals surface area contributed by atoms with Crippen LogP contribution in [-0.2, 0) is 0 Å². The third-order valence-corrected chi connectivity index (χ3v) is 7.65. The Balaban J connectivity index is 1.25. The van der Waals surface area contributed by atoms with E-state index in [9.17, 15) is 9.59 Å². The molecule has 3 N–H and O–H groups in total. The van der Waals surface area contributed by atoms with Gasteiger partial charge in [0.15, 0.2) is 0 Å². The molecule has 8 heteroatoms. The number of amides is 3. The summed E-state index contributed by atoms with van der Waals surface area (Å²) in [6.45, 7) is 3.28. The number of fused-ring (bicyclic) bond motifs is 4. The second kappa shape index (κ2) is 8.61. The zero-order valence-corrected chi connectivity index (χ0v) is 19.3. The van der Waals surface area contributed by atoms with Crippen molar-refractivity contribution in [2.75, 3.05) is 30.3 Å². The van der Waals surface area contributed by atoms with E-state index in [1.54, 1.807) is 0 Å². The molecule has 3 aliphatic heterocycles. The van der Waals surface area contributed by atoms with Crippen molar-refractivity contribution in [3.05, 3.63) is 57.9 Å². The van der Waals surface area contributed by atoms with E-state index in [-0.39, 0.29) is 18.0 Å². The number of nitrogens with one attached hydrogen (secondary N) is 3. The van der Waals surface area contributed by atoms with Crippen LogP contribution in [0.4, 0.5) is 16.2 Å². The predicted octanol–water partition coefficient (Wildman–Crippen LogP) is 5.13. The summed E-state index contributed by atoms with van der Waals surface area (Å²) in [5.41, 5.74) is 1.39. The number of thiophene rings is 1. The zero-order chi connectivity index (χ0) is 21.4. The number of nitrogens with zero attached hydrogens (tertiary/aromatic N) is 1. The third-order valence-electron chi connectivity index (χ3n) is 6.06. The summed E-state index contributed by atoms with van der Waals surface area (Å²) in [5, 5.41) is 9.93. The first-order chi connectivity index (χ1) is 15.0. The molecule has 0 aliphatic carbocycles. The molecule has 2 bridgehead atoms. The quantitative estimate of drug-likeness (QED) is 0.466.